The summed E-state index contributed by atoms with van der Waals surface area (Å²) in [6, 6.07) is 8.78. The maximum atomic E-state index is 12.9. The molecule has 2 aromatic rings. The van der Waals surface area contributed by atoms with E-state index < -0.39 is 10.0 Å². The number of piperidine rings is 1. The molecule has 5 rings (SSSR count). The van der Waals surface area contributed by atoms with Gasteiger partial charge in [0.15, 0.2) is 0 Å². The number of aromatic nitrogens is 2. The quantitative estimate of drug-likeness (QED) is 0.778. The van der Waals surface area contributed by atoms with Crippen molar-refractivity contribution in [1.29, 1.82) is 0 Å². The molecule has 0 aliphatic carbocycles. The predicted octanol–water partition coefficient (Wildman–Crippen LogP) is 2.20. The number of rotatable bonds is 3. The van der Waals surface area contributed by atoms with E-state index in [9.17, 15) is 8.42 Å². The van der Waals surface area contributed by atoms with Gasteiger partial charge in [-0.2, -0.15) is 4.31 Å². The Balaban J connectivity index is 1.57. The molecule has 3 aliphatic heterocycles. The molecule has 0 amide bonds. The first kappa shape index (κ1) is 16.0. The maximum absolute atomic E-state index is 12.9. The summed E-state index contributed by atoms with van der Waals surface area (Å²) in [4.78, 5) is 11.1. The van der Waals surface area contributed by atoms with E-state index in [2.05, 4.69) is 30.8 Å². The highest BCUT2D eigenvalue weighted by Crippen LogP contribution is 2.38. The summed E-state index contributed by atoms with van der Waals surface area (Å²) < 4.78 is 28.3. The minimum atomic E-state index is -3.45. The van der Waals surface area contributed by atoms with Crippen LogP contribution in [0.1, 0.15) is 12.2 Å². The van der Waals surface area contributed by atoms with Crippen LogP contribution in [0.3, 0.4) is 0 Å². The van der Waals surface area contributed by atoms with E-state index in [-0.39, 0.29) is 12.1 Å². The smallest absolute Gasteiger partial charge is 0.243 e. The van der Waals surface area contributed by atoms with Gasteiger partial charge in [-0.25, -0.2) is 18.4 Å². The number of halogens is 1. The average Bonchev–Trinajstić information content (AvgIpc) is 2.54. The molecule has 2 unspecified atom stereocenters. The van der Waals surface area contributed by atoms with Crippen LogP contribution < -0.4 is 4.90 Å². The number of anilines is 1. The molecule has 6 nitrogen and oxygen atoms in total. The molecule has 1 aromatic carbocycles. The maximum Gasteiger partial charge on any atom is 0.243 e. The number of sulfonamides is 1. The molecule has 126 valence electrons. The molecule has 3 saturated heterocycles. The van der Waals surface area contributed by atoms with Gasteiger partial charge in [-0.3, -0.25) is 0 Å². The van der Waals surface area contributed by atoms with Gasteiger partial charge >= 0.3 is 0 Å². The summed E-state index contributed by atoms with van der Waals surface area (Å²) in [6.07, 6.45) is 2.65. The summed E-state index contributed by atoms with van der Waals surface area (Å²) in [5.74, 6) is 1.60. The SMILES string of the molecule is Cc1nccc(N2CC3CC(C2)N3S(=O)(=O)c2cccc(Br)c2)n1. The van der Waals surface area contributed by atoms with Gasteiger partial charge in [-0.15, -0.1) is 0 Å². The van der Waals surface area contributed by atoms with Crippen molar-refractivity contribution in [3.05, 3.63) is 46.8 Å². The molecule has 0 saturated carbocycles. The molecule has 2 bridgehead atoms. The van der Waals surface area contributed by atoms with E-state index in [0.717, 1.165) is 22.5 Å². The Morgan fingerprint density at radius 1 is 1.21 bits per heavy atom. The first-order valence-corrected chi connectivity index (χ1v) is 10.0. The first-order valence-electron chi connectivity index (χ1n) is 7.79. The third-order valence-electron chi connectivity index (χ3n) is 4.58. The number of hydrogen-bond acceptors (Lipinski definition) is 5. The third kappa shape index (κ3) is 2.62. The van der Waals surface area contributed by atoms with Crippen molar-refractivity contribution in [2.75, 3.05) is 18.0 Å². The zero-order valence-corrected chi connectivity index (χ0v) is 15.5. The van der Waals surface area contributed by atoms with E-state index >= 15 is 0 Å². The highest BCUT2D eigenvalue weighted by molar-refractivity contribution is 9.10. The second-order valence-electron chi connectivity index (χ2n) is 6.20. The van der Waals surface area contributed by atoms with E-state index in [1.54, 1.807) is 28.7 Å². The summed E-state index contributed by atoms with van der Waals surface area (Å²) in [7, 11) is -3.45. The highest BCUT2D eigenvalue weighted by Gasteiger charge is 2.51. The van der Waals surface area contributed by atoms with E-state index in [1.807, 2.05) is 19.1 Å². The van der Waals surface area contributed by atoms with Gasteiger partial charge < -0.3 is 4.90 Å². The predicted molar refractivity (Wildman–Crippen MR) is 94.3 cm³/mol. The van der Waals surface area contributed by atoms with Gasteiger partial charge in [-0.05, 0) is 37.6 Å². The van der Waals surface area contributed by atoms with Crippen molar-refractivity contribution >= 4 is 31.8 Å². The number of fused-ring (bicyclic) bond motifs is 2. The van der Waals surface area contributed by atoms with E-state index in [4.69, 9.17) is 0 Å². The fraction of sp³-hybridized carbons (Fsp3) is 0.375. The first-order chi connectivity index (χ1) is 11.4. The minimum Gasteiger partial charge on any atom is -0.353 e. The highest BCUT2D eigenvalue weighted by atomic mass is 79.9. The van der Waals surface area contributed by atoms with Crippen molar-refractivity contribution in [2.45, 2.75) is 30.3 Å². The summed E-state index contributed by atoms with van der Waals surface area (Å²) >= 11 is 3.35. The van der Waals surface area contributed by atoms with Crippen LogP contribution in [0.2, 0.25) is 0 Å². The van der Waals surface area contributed by atoms with Crippen LogP contribution in [-0.4, -0.2) is 47.9 Å². The lowest BCUT2D eigenvalue weighted by molar-refractivity contribution is 0.0874. The van der Waals surface area contributed by atoms with Crippen LogP contribution in [0.5, 0.6) is 0 Å². The van der Waals surface area contributed by atoms with Crippen LogP contribution in [0.25, 0.3) is 0 Å². The zero-order valence-electron chi connectivity index (χ0n) is 13.1. The Bertz CT molecular complexity index is 877. The van der Waals surface area contributed by atoms with Crippen LogP contribution in [0.15, 0.2) is 45.9 Å². The minimum absolute atomic E-state index is 0.00278. The van der Waals surface area contributed by atoms with E-state index in [1.165, 1.54) is 0 Å². The summed E-state index contributed by atoms with van der Waals surface area (Å²) in [5.41, 5.74) is 0. The molecule has 1 aromatic heterocycles. The third-order valence-corrected chi connectivity index (χ3v) is 7.08. The Morgan fingerprint density at radius 2 is 1.96 bits per heavy atom. The van der Waals surface area contributed by atoms with Crippen molar-refractivity contribution in [2.24, 2.45) is 0 Å². The lowest BCUT2D eigenvalue weighted by atomic mass is 9.91. The molecule has 0 radical (unpaired) electrons. The molecule has 3 fully saturated rings. The molecule has 0 spiro atoms. The van der Waals surface area contributed by atoms with E-state index in [0.29, 0.717) is 18.0 Å². The lowest BCUT2D eigenvalue weighted by Crippen LogP contribution is -2.70. The van der Waals surface area contributed by atoms with Crippen LogP contribution in [0, 0.1) is 6.92 Å². The molecule has 0 N–H and O–H groups in total. The van der Waals surface area contributed by atoms with Crippen molar-refractivity contribution in [3.63, 3.8) is 0 Å². The normalized spacial score (nSPS) is 23.8. The molecule has 8 heteroatoms. The number of benzene rings is 1. The molecular formula is C16H17BrN4O2S. The largest absolute Gasteiger partial charge is 0.353 e. The van der Waals surface area contributed by atoms with Gasteiger partial charge in [0.1, 0.15) is 11.6 Å². The molecule has 3 aliphatic rings. The van der Waals surface area contributed by atoms with Crippen molar-refractivity contribution < 1.29 is 8.42 Å². The standard InChI is InChI=1S/C16H17BrN4O2S/c1-11-18-6-5-16(19-11)20-9-13-8-14(10-20)21(13)24(22,23)15-4-2-3-12(17)7-15/h2-7,13-14H,8-10H2,1H3. The van der Waals surface area contributed by atoms with Crippen molar-refractivity contribution in [1.82, 2.24) is 14.3 Å². The monoisotopic (exact) mass is 408 g/mol. The average molecular weight is 409 g/mol. The van der Waals surface area contributed by atoms with Gasteiger partial charge in [0.2, 0.25) is 10.0 Å². The topological polar surface area (TPSA) is 66.4 Å². The number of hydrogen-bond donors (Lipinski definition) is 0. The Kier molecular flexibility index (Phi) is 3.85. The van der Waals surface area contributed by atoms with Gasteiger partial charge in [0.25, 0.3) is 0 Å². The molecule has 24 heavy (non-hydrogen) atoms. The summed E-state index contributed by atoms with van der Waals surface area (Å²) in [5, 5.41) is 0. The zero-order chi connectivity index (χ0) is 16.9. The fourth-order valence-electron chi connectivity index (χ4n) is 3.52. The van der Waals surface area contributed by atoms with Crippen LogP contribution in [0.4, 0.5) is 5.82 Å². The number of piperazine rings is 1. The Labute approximate surface area is 149 Å². The van der Waals surface area contributed by atoms with Crippen LogP contribution in [-0.2, 0) is 10.0 Å². The lowest BCUT2D eigenvalue weighted by Gasteiger charge is -2.55. The van der Waals surface area contributed by atoms with Gasteiger partial charge in [0, 0.05) is 35.8 Å². The fourth-order valence-corrected chi connectivity index (χ4v) is 5.94. The number of nitrogens with zero attached hydrogens (tertiary/aromatic N) is 4. The van der Waals surface area contributed by atoms with Crippen molar-refractivity contribution in [3.8, 4) is 0 Å². The number of aryl methyl sites for hydroxylation is 1. The Morgan fingerprint density at radius 3 is 2.62 bits per heavy atom. The molecule has 2 atom stereocenters. The second-order valence-corrected chi connectivity index (χ2v) is 8.96. The molecule has 4 heterocycles. The van der Waals surface area contributed by atoms with Gasteiger partial charge in [0.05, 0.1) is 4.90 Å². The second kappa shape index (κ2) is 5.79. The van der Waals surface area contributed by atoms with Crippen LogP contribution >= 0.6 is 15.9 Å². The molecular weight excluding hydrogens is 392 g/mol. The summed E-state index contributed by atoms with van der Waals surface area (Å²) in [6.45, 7) is 3.19. The van der Waals surface area contributed by atoms with Gasteiger partial charge in [-0.1, -0.05) is 22.0 Å². The Hall–Kier alpha value is -1.51.